The molecular formula is C33H33N9O. The molecule has 0 radical (unpaired) electrons. The molecule has 6 rings (SSSR count). The van der Waals surface area contributed by atoms with Crippen molar-refractivity contribution in [1.29, 1.82) is 5.26 Å². The second kappa shape index (κ2) is 10.5. The maximum absolute atomic E-state index is 12.3. The van der Waals surface area contributed by atoms with Crippen molar-refractivity contribution in [3.05, 3.63) is 83.4 Å². The SMILES string of the molecule is C#Cc1cnc2c(C#N)cc(N[C@H](C3=CN(C4(C(N)=O)CC4)NN3)c3cccc4ncccc34)cc2c1NCC(C)(C)C. The van der Waals surface area contributed by atoms with Gasteiger partial charge in [0, 0.05) is 41.6 Å². The van der Waals surface area contributed by atoms with Gasteiger partial charge in [0.1, 0.15) is 11.6 Å². The molecule has 2 aliphatic rings. The van der Waals surface area contributed by atoms with Gasteiger partial charge in [-0.1, -0.05) is 44.9 Å². The zero-order valence-corrected chi connectivity index (χ0v) is 24.3. The maximum Gasteiger partial charge on any atom is 0.244 e. The normalized spacial score (nSPS) is 16.1. The smallest absolute Gasteiger partial charge is 0.244 e. The number of hydrogen-bond donors (Lipinski definition) is 5. The lowest BCUT2D eigenvalue weighted by molar-refractivity contribution is -0.124. The summed E-state index contributed by atoms with van der Waals surface area (Å²) >= 11 is 0. The van der Waals surface area contributed by atoms with Gasteiger partial charge in [-0.05, 0) is 48.1 Å². The van der Waals surface area contributed by atoms with Crippen LogP contribution in [0.3, 0.4) is 0 Å². The Kier molecular flexibility index (Phi) is 6.80. The molecule has 1 fully saturated rings. The molecule has 10 heteroatoms. The first-order valence-electron chi connectivity index (χ1n) is 14.1. The van der Waals surface area contributed by atoms with Crippen LogP contribution >= 0.6 is 0 Å². The number of pyridine rings is 2. The second-order valence-corrected chi connectivity index (χ2v) is 12.2. The minimum atomic E-state index is -0.762. The Morgan fingerprint density at radius 3 is 2.70 bits per heavy atom. The summed E-state index contributed by atoms with van der Waals surface area (Å²) in [5.74, 6) is 2.36. The highest BCUT2D eigenvalue weighted by atomic mass is 16.2. The number of nitrogens with zero attached hydrogens (tertiary/aromatic N) is 4. The summed E-state index contributed by atoms with van der Waals surface area (Å²) in [5, 5.41) is 20.8. The molecule has 216 valence electrons. The fourth-order valence-electron chi connectivity index (χ4n) is 5.42. The zero-order valence-electron chi connectivity index (χ0n) is 24.3. The number of nitriles is 1. The van der Waals surface area contributed by atoms with Gasteiger partial charge in [-0.15, -0.1) is 12.0 Å². The van der Waals surface area contributed by atoms with Gasteiger partial charge >= 0.3 is 0 Å². The van der Waals surface area contributed by atoms with E-state index in [0.29, 0.717) is 41.7 Å². The second-order valence-electron chi connectivity index (χ2n) is 12.2. The number of fused-ring (bicyclic) bond motifs is 2. The number of nitrogens with two attached hydrogens (primary N) is 1. The van der Waals surface area contributed by atoms with Gasteiger partial charge in [0.25, 0.3) is 0 Å². The van der Waals surface area contributed by atoms with Gasteiger partial charge in [0.2, 0.25) is 5.91 Å². The van der Waals surface area contributed by atoms with E-state index in [9.17, 15) is 10.1 Å². The first kappa shape index (κ1) is 27.8. The number of hydrazine groups is 2. The van der Waals surface area contributed by atoms with Crippen LogP contribution < -0.4 is 27.3 Å². The molecule has 6 N–H and O–H groups in total. The van der Waals surface area contributed by atoms with E-state index in [0.717, 1.165) is 33.2 Å². The predicted molar refractivity (Wildman–Crippen MR) is 168 cm³/mol. The Hall–Kier alpha value is -5.32. The largest absolute Gasteiger partial charge is 0.383 e. The summed E-state index contributed by atoms with van der Waals surface area (Å²) in [7, 11) is 0. The summed E-state index contributed by atoms with van der Waals surface area (Å²) < 4.78 is 0. The number of hydrogen-bond acceptors (Lipinski definition) is 9. The molecule has 2 aromatic heterocycles. The molecule has 1 aliphatic heterocycles. The molecule has 0 bridgehead atoms. The van der Waals surface area contributed by atoms with Crippen molar-refractivity contribution in [3.8, 4) is 18.4 Å². The summed E-state index contributed by atoms with van der Waals surface area (Å²) in [6, 6.07) is 15.5. The topological polar surface area (TPSA) is 144 Å². The minimum Gasteiger partial charge on any atom is -0.383 e. The van der Waals surface area contributed by atoms with Crippen molar-refractivity contribution in [3.63, 3.8) is 0 Å². The number of aromatic nitrogens is 2. The molecule has 0 saturated heterocycles. The molecule has 10 nitrogen and oxygen atoms in total. The predicted octanol–water partition coefficient (Wildman–Crippen LogP) is 4.43. The molecule has 2 aromatic carbocycles. The molecule has 4 aromatic rings. The molecule has 1 saturated carbocycles. The van der Waals surface area contributed by atoms with E-state index in [2.05, 4.69) is 64.3 Å². The number of nitrogens with one attached hydrogen (secondary N) is 4. The lowest BCUT2D eigenvalue weighted by Gasteiger charge is -2.24. The fourth-order valence-corrected chi connectivity index (χ4v) is 5.42. The van der Waals surface area contributed by atoms with E-state index in [4.69, 9.17) is 12.2 Å². The van der Waals surface area contributed by atoms with E-state index in [1.807, 2.05) is 42.6 Å². The number of amides is 1. The first-order valence-corrected chi connectivity index (χ1v) is 14.1. The fraction of sp³-hybridized carbons (Fsp3) is 0.273. The van der Waals surface area contributed by atoms with Crippen LogP contribution in [-0.4, -0.2) is 33.0 Å². The van der Waals surface area contributed by atoms with Gasteiger partial charge in [0.05, 0.1) is 39.6 Å². The Morgan fingerprint density at radius 1 is 1.19 bits per heavy atom. The molecule has 3 heterocycles. The van der Waals surface area contributed by atoms with Crippen LogP contribution in [0.15, 0.2) is 66.8 Å². The monoisotopic (exact) mass is 571 g/mol. The summed E-state index contributed by atoms with van der Waals surface area (Å²) in [6.45, 7) is 7.09. The van der Waals surface area contributed by atoms with Crippen LogP contribution in [0.1, 0.15) is 56.3 Å². The van der Waals surface area contributed by atoms with Crippen molar-refractivity contribution in [2.24, 2.45) is 11.1 Å². The molecule has 43 heavy (non-hydrogen) atoms. The molecule has 0 unspecified atom stereocenters. The van der Waals surface area contributed by atoms with Crippen LogP contribution in [0.25, 0.3) is 21.8 Å². The number of benzene rings is 2. The molecule has 0 spiro atoms. The van der Waals surface area contributed by atoms with Crippen molar-refractivity contribution in [1.82, 2.24) is 25.9 Å². The highest BCUT2D eigenvalue weighted by Crippen LogP contribution is 2.43. The van der Waals surface area contributed by atoms with E-state index >= 15 is 0 Å². The summed E-state index contributed by atoms with van der Waals surface area (Å²) in [6.07, 6.45) is 12.5. The third-order valence-electron chi connectivity index (χ3n) is 7.89. The van der Waals surface area contributed by atoms with Gasteiger partial charge in [-0.2, -0.15) is 5.26 Å². The Balaban J connectivity index is 1.49. The summed E-state index contributed by atoms with van der Waals surface area (Å²) in [4.78, 5) is 21.4. The van der Waals surface area contributed by atoms with Gasteiger partial charge in [0.15, 0.2) is 0 Å². The van der Waals surface area contributed by atoms with E-state index in [1.54, 1.807) is 23.5 Å². The maximum atomic E-state index is 12.3. The standard InChI is InChI=1S/C33H33N9O/c1-5-20-17-37-29-21(16-34)14-22(15-25(29)28(20)38-19-32(2,3)4)39-30(24-8-6-10-26-23(24)9-7-13-36-26)27-18-42(41-40-27)33(11-12-33)31(35)43/h1,6-10,13-15,17-18,30,39-41H,11-12,19H2,2-4H3,(H2,35,43)(H,37,38)/t30-/m0/s1. The number of rotatable bonds is 8. The van der Waals surface area contributed by atoms with Crippen molar-refractivity contribution in [2.45, 2.75) is 45.2 Å². The Morgan fingerprint density at radius 2 is 2.00 bits per heavy atom. The van der Waals surface area contributed by atoms with E-state index in [-0.39, 0.29) is 11.3 Å². The van der Waals surface area contributed by atoms with Crippen molar-refractivity contribution in [2.75, 3.05) is 17.2 Å². The van der Waals surface area contributed by atoms with Crippen molar-refractivity contribution >= 4 is 39.1 Å². The van der Waals surface area contributed by atoms with Crippen LogP contribution in [-0.2, 0) is 4.79 Å². The third-order valence-corrected chi connectivity index (χ3v) is 7.89. The number of carbonyl (C=O) groups excluding carboxylic acids is 1. The average Bonchev–Trinajstić information content (AvgIpc) is 3.67. The number of carbonyl (C=O) groups is 1. The first-order chi connectivity index (χ1) is 20.6. The average molecular weight is 572 g/mol. The van der Waals surface area contributed by atoms with Crippen molar-refractivity contribution < 1.29 is 4.79 Å². The number of primary amides is 1. The highest BCUT2D eigenvalue weighted by Gasteiger charge is 2.54. The third kappa shape index (κ3) is 5.14. The Labute approximate surface area is 250 Å². The molecule has 1 aliphatic carbocycles. The van der Waals surface area contributed by atoms with Gasteiger partial charge < -0.3 is 21.8 Å². The van der Waals surface area contributed by atoms with Gasteiger partial charge in [-0.25, -0.2) is 0 Å². The lowest BCUT2D eigenvalue weighted by Crippen LogP contribution is -2.51. The number of anilines is 2. The van der Waals surface area contributed by atoms with E-state index < -0.39 is 11.6 Å². The van der Waals surface area contributed by atoms with Crippen LogP contribution in [0, 0.1) is 29.1 Å². The van der Waals surface area contributed by atoms with Gasteiger partial charge in [-0.3, -0.25) is 19.8 Å². The quantitative estimate of drug-likeness (QED) is 0.194. The molecular weight excluding hydrogens is 538 g/mol. The zero-order chi connectivity index (χ0) is 30.4. The minimum absolute atomic E-state index is 0.00774. The van der Waals surface area contributed by atoms with Crippen LogP contribution in [0.4, 0.5) is 11.4 Å². The van der Waals surface area contributed by atoms with Crippen LogP contribution in [0.5, 0.6) is 0 Å². The Bertz CT molecular complexity index is 1870. The number of terminal acetylenes is 1. The van der Waals surface area contributed by atoms with Crippen LogP contribution in [0.2, 0.25) is 0 Å². The van der Waals surface area contributed by atoms with E-state index in [1.165, 1.54) is 0 Å². The lowest BCUT2D eigenvalue weighted by atomic mass is 9.96. The molecule has 1 atom stereocenters. The summed E-state index contributed by atoms with van der Waals surface area (Å²) in [5.41, 5.74) is 17.0. The molecule has 1 amide bonds. The highest BCUT2D eigenvalue weighted by molar-refractivity contribution is 5.99.